The van der Waals surface area contributed by atoms with Crippen LogP contribution in [0.5, 0.6) is 5.75 Å². The van der Waals surface area contributed by atoms with Crippen LogP contribution in [0.4, 0.5) is 0 Å². The lowest BCUT2D eigenvalue weighted by Gasteiger charge is -2.30. The molecule has 0 fully saturated rings. The number of ether oxygens (including phenoxy) is 1. The molecule has 3 aromatic carbocycles. The van der Waals surface area contributed by atoms with Gasteiger partial charge in [-0.15, -0.1) is 5.10 Å². The fraction of sp³-hybridized carbons (Fsp3) is 0.290. The summed E-state index contributed by atoms with van der Waals surface area (Å²) in [4.78, 5) is 18.7. The van der Waals surface area contributed by atoms with Crippen molar-refractivity contribution < 1.29 is 4.74 Å². The first kappa shape index (κ1) is 26.3. The van der Waals surface area contributed by atoms with Crippen LogP contribution in [0.15, 0.2) is 77.6 Å². The smallest absolute Gasteiger partial charge is 0.252 e. The summed E-state index contributed by atoms with van der Waals surface area (Å²) in [6, 6.07) is 24.3. The molecule has 8 heteroatoms. The Bertz CT molecular complexity index is 1610. The summed E-state index contributed by atoms with van der Waals surface area (Å²) < 4.78 is 7.15. The summed E-state index contributed by atoms with van der Waals surface area (Å²) >= 11 is 0. The Morgan fingerprint density at radius 1 is 0.974 bits per heavy atom. The average Bonchev–Trinajstić information content (AvgIpc) is 3.38. The third-order valence-electron chi connectivity index (χ3n) is 7.17. The van der Waals surface area contributed by atoms with Crippen LogP contribution in [0.3, 0.4) is 0 Å². The van der Waals surface area contributed by atoms with Crippen molar-refractivity contribution in [1.82, 2.24) is 30.1 Å². The number of nitrogens with one attached hydrogen (secondary N) is 1. The predicted octanol–water partition coefficient (Wildman–Crippen LogP) is 5.34. The van der Waals surface area contributed by atoms with Gasteiger partial charge >= 0.3 is 0 Å². The van der Waals surface area contributed by atoms with Crippen molar-refractivity contribution in [2.45, 2.75) is 52.9 Å². The molecule has 0 spiro atoms. The topological polar surface area (TPSA) is 88.9 Å². The summed E-state index contributed by atoms with van der Waals surface area (Å²) in [6.45, 7) is 7.91. The number of aryl methyl sites for hydroxylation is 2. The van der Waals surface area contributed by atoms with Gasteiger partial charge in [-0.05, 0) is 77.2 Å². The molecule has 0 radical (unpaired) electrons. The SMILES string of the molecule is CCC(c1nnnn1Cc1ccc(OC)cc1)N(Cc1ccccc1)Cc1cc2c(C)cc(C)cc2[nH]c1=O. The van der Waals surface area contributed by atoms with Crippen LogP contribution in [-0.2, 0) is 19.6 Å². The lowest BCUT2D eigenvalue weighted by molar-refractivity contribution is 0.161. The Labute approximate surface area is 228 Å². The molecule has 2 aromatic heterocycles. The number of benzene rings is 3. The van der Waals surface area contributed by atoms with E-state index in [0.717, 1.165) is 56.7 Å². The number of H-pyrrole nitrogens is 1. The highest BCUT2D eigenvalue weighted by molar-refractivity contribution is 5.83. The van der Waals surface area contributed by atoms with Gasteiger partial charge in [0.05, 0.1) is 19.7 Å². The number of hydrogen-bond donors (Lipinski definition) is 1. The summed E-state index contributed by atoms with van der Waals surface area (Å²) in [6.07, 6.45) is 0.777. The number of aromatic amines is 1. The molecule has 0 amide bonds. The first-order valence-electron chi connectivity index (χ1n) is 13.2. The van der Waals surface area contributed by atoms with E-state index in [1.807, 2.05) is 66.2 Å². The number of fused-ring (bicyclic) bond motifs is 1. The molecule has 1 atom stereocenters. The molecule has 39 heavy (non-hydrogen) atoms. The Morgan fingerprint density at radius 2 is 1.74 bits per heavy atom. The number of pyridine rings is 1. The van der Waals surface area contributed by atoms with E-state index in [2.05, 4.69) is 57.5 Å². The number of tetrazole rings is 1. The molecular weight excluding hydrogens is 488 g/mol. The Hall–Kier alpha value is -4.30. The van der Waals surface area contributed by atoms with Crippen molar-refractivity contribution in [2.75, 3.05) is 7.11 Å². The van der Waals surface area contributed by atoms with Gasteiger partial charge in [-0.25, -0.2) is 4.68 Å². The van der Waals surface area contributed by atoms with Crippen LogP contribution in [0, 0.1) is 13.8 Å². The Balaban J connectivity index is 1.51. The molecule has 0 bridgehead atoms. The molecule has 0 saturated carbocycles. The Kier molecular flexibility index (Phi) is 7.84. The minimum atomic E-state index is -0.104. The lowest BCUT2D eigenvalue weighted by Crippen LogP contribution is -2.32. The van der Waals surface area contributed by atoms with Gasteiger partial charge in [0.25, 0.3) is 5.56 Å². The highest BCUT2D eigenvalue weighted by Crippen LogP contribution is 2.27. The summed E-state index contributed by atoms with van der Waals surface area (Å²) in [5.74, 6) is 1.58. The lowest BCUT2D eigenvalue weighted by atomic mass is 10.0. The summed E-state index contributed by atoms with van der Waals surface area (Å²) in [5.41, 5.74) is 6.03. The van der Waals surface area contributed by atoms with Crippen molar-refractivity contribution >= 4 is 10.9 Å². The molecule has 200 valence electrons. The minimum Gasteiger partial charge on any atom is -0.497 e. The van der Waals surface area contributed by atoms with E-state index in [9.17, 15) is 4.79 Å². The maximum atomic E-state index is 13.3. The predicted molar refractivity (Wildman–Crippen MR) is 153 cm³/mol. The molecular formula is C31H34N6O2. The highest BCUT2D eigenvalue weighted by atomic mass is 16.5. The van der Waals surface area contributed by atoms with Gasteiger partial charge in [0.15, 0.2) is 5.82 Å². The van der Waals surface area contributed by atoms with E-state index < -0.39 is 0 Å². The van der Waals surface area contributed by atoms with Gasteiger partial charge in [0.1, 0.15) is 5.75 Å². The number of methoxy groups -OCH3 is 1. The molecule has 5 aromatic rings. The molecule has 8 nitrogen and oxygen atoms in total. The zero-order valence-corrected chi connectivity index (χ0v) is 22.9. The van der Waals surface area contributed by atoms with Crippen molar-refractivity contribution in [3.63, 3.8) is 0 Å². The van der Waals surface area contributed by atoms with Crippen LogP contribution in [-0.4, -0.2) is 37.2 Å². The number of aromatic nitrogens is 5. The summed E-state index contributed by atoms with van der Waals surface area (Å²) in [7, 11) is 1.66. The summed E-state index contributed by atoms with van der Waals surface area (Å²) in [5, 5.41) is 13.9. The maximum Gasteiger partial charge on any atom is 0.252 e. The van der Waals surface area contributed by atoms with Gasteiger partial charge in [0.2, 0.25) is 0 Å². The maximum absolute atomic E-state index is 13.3. The molecule has 2 heterocycles. The van der Waals surface area contributed by atoms with Crippen molar-refractivity contribution in [1.29, 1.82) is 0 Å². The van der Waals surface area contributed by atoms with E-state index in [-0.39, 0.29) is 11.6 Å². The van der Waals surface area contributed by atoms with E-state index in [4.69, 9.17) is 4.74 Å². The van der Waals surface area contributed by atoms with Gasteiger partial charge < -0.3 is 9.72 Å². The monoisotopic (exact) mass is 522 g/mol. The zero-order chi connectivity index (χ0) is 27.4. The normalized spacial score (nSPS) is 12.2. The molecule has 1 N–H and O–H groups in total. The van der Waals surface area contributed by atoms with E-state index in [1.165, 1.54) is 0 Å². The number of hydrogen-bond acceptors (Lipinski definition) is 6. The van der Waals surface area contributed by atoms with Crippen LogP contribution >= 0.6 is 0 Å². The van der Waals surface area contributed by atoms with E-state index in [1.54, 1.807) is 7.11 Å². The van der Waals surface area contributed by atoms with Gasteiger partial charge in [-0.1, -0.05) is 55.5 Å². The average molecular weight is 523 g/mol. The molecule has 0 aliphatic carbocycles. The fourth-order valence-corrected chi connectivity index (χ4v) is 5.22. The van der Waals surface area contributed by atoms with E-state index in [0.29, 0.717) is 19.6 Å². The molecule has 0 saturated heterocycles. The van der Waals surface area contributed by atoms with Crippen LogP contribution in [0.2, 0.25) is 0 Å². The molecule has 1 unspecified atom stereocenters. The van der Waals surface area contributed by atoms with Crippen LogP contribution in [0.1, 0.15) is 53.0 Å². The Morgan fingerprint density at radius 3 is 2.46 bits per heavy atom. The molecule has 0 aliphatic rings. The van der Waals surface area contributed by atoms with Crippen molar-refractivity contribution in [2.24, 2.45) is 0 Å². The van der Waals surface area contributed by atoms with Crippen LogP contribution < -0.4 is 10.3 Å². The minimum absolute atomic E-state index is 0.0711. The third kappa shape index (κ3) is 5.91. The largest absolute Gasteiger partial charge is 0.497 e. The molecule has 5 rings (SSSR count). The van der Waals surface area contributed by atoms with Gasteiger partial charge in [-0.3, -0.25) is 9.69 Å². The quantitative estimate of drug-likeness (QED) is 0.266. The first-order chi connectivity index (χ1) is 18.9. The number of nitrogens with zero attached hydrogens (tertiary/aromatic N) is 5. The van der Waals surface area contributed by atoms with Gasteiger partial charge in [0, 0.05) is 29.6 Å². The first-order valence-corrected chi connectivity index (χ1v) is 13.2. The second-order valence-electron chi connectivity index (χ2n) is 10.0. The van der Waals surface area contributed by atoms with E-state index >= 15 is 0 Å². The van der Waals surface area contributed by atoms with Crippen molar-refractivity contribution in [3.8, 4) is 5.75 Å². The fourth-order valence-electron chi connectivity index (χ4n) is 5.22. The van der Waals surface area contributed by atoms with Gasteiger partial charge in [-0.2, -0.15) is 0 Å². The third-order valence-corrected chi connectivity index (χ3v) is 7.17. The highest BCUT2D eigenvalue weighted by Gasteiger charge is 2.26. The molecule has 0 aliphatic heterocycles. The number of rotatable bonds is 10. The van der Waals surface area contributed by atoms with Crippen LogP contribution in [0.25, 0.3) is 10.9 Å². The standard InChI is InChI=1S/C31H34N6O2/c1-5-29(30-33-34-35-37(30)19-24-11-13-26(39-4)14-12-24)36(18-23-9-7-6-8-10-23)20-25-17-27-22(3)15-21(2)16-28(27)32-31(25)38/h6-17,29H,5,18-20H2,1-4H3,(H,32,38). The second-order valence-corrected chi connectivity index (χ2v) is 10.0. The second kappa shape index (κ2) is 11.6. The zero-order valence-electron chi connectivity index (χ0n) is 22.9. The van der Waals surface area contributed by atoms with Crippen molar-refractivity contribution in [3.05, 3.63) is 117 Å².